The molecule has 2 aromatic heterocycles. The number of hydrogen-bond donors (Lipinski definition) is 2. The van der Waals surface area contributed by atoms with Crippen molar-refractivity contribution in [1.29, 1.82) is 0 Å². The largest absolute Gasteiger partial charge is 0.350 e. The van der Waals surface area contributed by atoms with Crippen LogP contribution in [0.1, 0.15) is 29.0 Å². The molecule has 19 heavy (non-hydrogen) atoms. The maximum atomic E-state index is 12.0. The van der Waals surface area contributed by atoms with Gasteiger partial charge in [-0.2, -0.15) is 5.10 Å². The van der Waals surface area contributed by atoms with Gasteiger partial charge in [0.15, 0.2) is 0 Å². The zero-order valence-electron chi connectivity index (χ0n) is 11.1. The molecule has 5 nitrogen and oxygen atoms in total. The number of aryl methyl sites for hydroxylation is 2. The van der Waals surface area contributed by atoms with Crippen molar-refractivity contribution < 1.29 is 4.79 Å². The van der Waals surface area contributed by atoms with Crippen LogP contribution < -0.4 is 11.1 Å². The molecular formula is C13H18N4OS. The monoisotopic (exact) mass is 278 g/mol. The molecule has 0 bridgehead atoms. The lowest BCUT2D eigenvalue weighted by atomic mass is 10.1. The summed E-state index contributed by atoms with van der Waals surface area (Å²) in [4.78, 5) is 13.2. The number of amides is 1. The molecule has 0 aliphatic heterocycles. The molecule has 0 aliphatic carbocycles. The second kappa shape index (κ2) is 5.99. The number of nitrogens with two attached hydrogens (primary N) is 1. The van der Waals surface area contributed by atoms with Crippen LogP contribution >= 0.6 is 11.3 Å². The number of nitrogens with one attached hydrogen (secondary N) is 1. The van der Waals surface area contributed by atoms with Crippen LogP contribution in [0, 0.1) is 0 Å². The smallest absolute Gasteiger partial charge is 0.241 e. The highest BCUT2D eigenvalue weighted by Gasteiger charge is 2.17. The number of carbonyl (C=O) groups excluding carboxylic acids is 1. The third-order valence-corrected chi connectivity index (χ3v) is 3.97. The predicted octanol–water partition coefficient (Wildman–Crippen LogP) is 1.36. The maximum absolute atomic E-state index is 12.0. The molecule has 0 fully saturated rings. The van der Waals surface area contributed by atoms with Crippen LogP contribution in [0.15, 0.2) is 23.8 Å². The van der Waals surface area contributed by atoms with Crippen molar-refractivity contribution in [2.45, 2.75) is 25.9 Å². The van der Waals surface area contributed by atoms with Gasteiger partial charge < -0.3 is 11.1 Å². The Morgan fingerprint density at radius 2 is 2.42 bits per heavy atom. The van der Waals surface area contributed by atoms with E-state index in [9.17, 15) is 4.79 Å². The Morgan fingerprint density at radius 1 is 1.63 bits per heavy atom. The highest BCUT2D eigenvalue weighted by atomic mass is 32.1. The molecule has 6 heteroatoms. The summed E-state index contributed by atoms with van der Waals surface area (Å²) in [5, 5.41) is 8.94. The molecule has 3 N–H and O–H groups in total. The first-order valence-corrected chi connectivity index (χ1v) is 7.07. The van der Waals surface area contributed by atoms with E-state index in [1.54, 1.807) is 35.5 Å². The lowest BCUT2D eigenvalue weighted by molar-refractivity contribution is -0.122. The fourth-order valence-electron chi connectivity index (χ4n) is 1.87. The summed E-state index contributed by atoms with van der Waals surface area (Å²) in [7, 11) is 1.80. The molecule has 102 valence electrons. The minimum absolute atomic E-state index is 0.177. The second-order valence-corrected chi connectivity index (χ2v) is 5.37. The Labute approximate surface area is 116 Å². The summed E-state index contributed by atoms with van der Waals surface area (Å²) >= 11 is 1.66. The summed E-state index contributed by atoms with van der Waals surface area (Å²) in [6, 6.07) is 1.42. The van der Waals surface area contributed by atoms with E-state index in [4.69, 9.17) is 5.73 Å². The van der Waals surface area contributed by atoms with Crippen molar-refractivity contribution in [2.75, 3.05) is 0 Å². The molecule has 2 heterocycles. The van der Waals surface area contributed by atoms with Gasteiger partial charge in [0.25, 0.3) is 0 Å². The number of aromatic nitrogens is 2. The third-order valence-electron chi connectivity index (χ3n) is 3.01. The summed E-state index contributed by atoms with van der Waals surface area (Å²) in [5.74, 6) is -0.177. The zero-order valence-corrected chi connectivity index (χ0v) is 11.9. The van der Waals surface area contributed by atoms with Gasteiger partial charge >= 0.3 is 0 Å². The predicted molar refractivity (Wildman–Crippen MR) is 75.7 cm³/mol. The summed E-state index contributed by atoms with van der Waals surface area (Å²) in [6.45, 7) is 2.64. The average Bonchev–Trinajstić information content (AvgIpc) is 3.03. The maximum Gasteiger partial charge on any atom is 0.241 e. The van der Waals surface area contributed by atoms with Gasteiger partial charge in [0.05, 0.1) is 12.7 Å². The molecule has 0 aliphatic rings. The molecule has 2 aromatic rings. The van der Waals surface area contributed by atoms with Crippen LogP contribution in [-0.2, 0) is 24.8 Å². The molecule has 0 radical (unpaired) electrons. The van der Waals surface area contributed by atoms with Gasteiger partial charge in [-0.1, -0.05) is 6.92 Å². The first kappa shape index (κ1) is 13.8. The Balaban J connectivity index is 1.94. The fourth-order valence-corrected chi connectivity index (χ4v) is 2.78. The SMILES string of the molecule is CCc1ccsc1CNC(=O)C(N)c1cnn(C)c1. The van der Waals surface area contributed by atoms with Gasteiger partial charge in [-0.15, -0.1) is 11.3 Å². The van der Waals surface area contributed by atoms with Crippen LogP contribution in [0.2, 0.25) is 0 Å². The van der Waals surface area contributed by atoms with Crippen LogP contribution in [0.5, 0.6) is 0 Å². The van der Waals surface area contributed by atoms with Crippen LogP contribution in [0.3, 0.4) is 0 Å². The van der Waals surface area contributed by atoms with Gasteiger partial charge in [0, 0.05) is 23.7 Å². The first-order valence-electron chi connectivity index (χ1n) is 6.19. The molecular weight excluding hydrogens is 260 g/mol. The van der Waals surface area contributed by atoms with E-state index in [1.807, 2.05) is 5.38 Å². The van der Waals surface area contributed by atoms with E-state index in [0.29, 0.717) is 6.54 Å². The standard InChI is InChI=1S/C13H18N4OS/c1-3-9-4-5-19-11(9)7-15-13(18)12(14)10-6-16-17(2)8-10/h4-6,8,12H,3,7,14H2,1-2H3,(H,15,18). The van der Waals surface area contributed by atoms with Crippen molar-refractivity contribution in [1.82, 2.24) is 15.1 Å². The number of rotatable bonds is 5. The van der Waals surface area contributed by atoms with E-state index in [2.05, 4.69) is 23.4 Å². The van der Waals surface area contributed by atoms with Crippen molar-refractivity contribution in [3.8, 4) is 0 Å². The quantitative estimate of drug-likeness (QED) is 0.867. The van der Waals surface area contributed by atoms with Crippen LogP contribution in [-0.4, -0.2) is 15.7 Å². The van der Waals surface area contributed by atoms with Gasteiger partial charge in [-0.3, -0.25) is 9.48 Å². The third kappa shape index (κ3) is 3.21. The number of carbonyl (C=O) groups is 1. The lowest BCUT2D eigenvalue weighted by Crippen LogP contribution is -2.33. The molecule has 1 unspecified atom stereocenters. The van der Waals surface area contributed by atoms with Gasteiger partial charge in [-0.25, -0.2) is 0 Å². The Morgan fingerprint density at radius 3 is 3.05 bits per heavy atom. The molecule has 1 amide bonds. The van der Waals surface area contributed by atoms with E-state index in [1.165, 1.54) is 10.4 Å². The van der Waals surface area contributed by atoms with Gasteiger partial charge in [0.2, 0.25) is 5.91 Å². The summed E-state index contributed by atoms with van der Waals surface area (Å²) in [6.07, 6.45) is 4.35. The van der Waals surface area contributed by atoms with Crippen LogP contribution in [0.25, 0.3) is 0 Å². The fraction of sp³-hybridized carbons (Fsp3) is 0.385. The van der Waals surface area contributed by atoms with E-state index in [0.717, 1.165) is 12.0 Å². The molecule has 0 aromatic carbocycles. The van der Waals surface area contributed by atoms with Gasteiger partial charge in [0.1, 0.15) is 6.04 Å². The molecule has 2 rings (SSSR count). The normalized spacial score (nSPS) is 12.4. The Bertz CT molecular complexity index is 560. The molecule has 0 saturated heterocycles. The van der Waals surface area contributed by atoms with E-state index < -0.39 is 6.04 Å². The number of hydrogen-bond acceptors (Lipinski definition) is 4. The van der Waals surface area contributed by atoms with Gasteiger partial charge in [-0.05, 0) is 23.4 Å². The highest BCUT2D eigenvalue weighted by Crippen LogP contribution is 2.17. The first-order chi connectivity index (χ1) is 9.11. The molecule has 0 saturated carbocycles. The molecule has 0 spiro atoms. The highest BCUT2D eigenvalue weighted by molar-refractivity contribution is 7.10. The topological polar surface area (TPSA) is 72.9 Å². The van der Waals surface area contributed by atoms with Crippen molar-refractivity contribution >= 4 is 17.2 Å². The number of thiophene rings is 1. The van der Waals surface area contributed by atoms with Crippen molar-refractivity contribution in [3.05, 3.63) is 39.8 Å². The Hall–Kier alpha value is -1.66. The second-order valence-electron chi connectivity index (χ2n) is 4.37. The minimum Gasteiger partial charge on any atom is -0.350 e. The molecule has 1 atom stereocenters. The van der Waals surface area contributed by atoms with Crippen LogP contribution in [0.4, 0.5) is 0 Å². The summed E-state index contributed by atoms with van der Waals surface area (Å²) < 4.78 is 1.64. The zero-order chi connectivity index (χ0) is 13.8. The van der Waals surface area contributed by atoms with E-state index >= 15 is 0 Å². The minimum atomic E-state index is -0.668. The number of nitrogens with zero attached hydrogens (tertiary/aromatic N) is 2. The van der Waals surface area contributed by atoms with Crippen molar-refractivity contribution in [2.24, 2.45) is 12.8 Å². The Kier molecular flexibility index (Phi) is 4.34. The average molecular weight is 278 g/mol. The summed E-state index contributed by atoms with van der Waals surface area (Å²) in [5.41, 5.74) is 7.90. The van der Waals surface area contributed by atoms with Crippen molar-refractivity contribution in [3.63, 3.8) is 0 Å². The van der Waals surface area contributed by atoms with E-state index in [-0.39, 0.29) is 5.91 Å². The lowest BCUT2D eigenvalue weighted by Gasteiger charge is -2.10.